The van der Waals surface area contributed by atoms with E-state index in [1.54, 1.807) is 19.1 Å². The Morgan fingerprint density at radius 3 is 1.71 bits per heavy atom. The second-order valence-corrected chi connectivity index (χ2v) is 8.56. The summed E-state index contributed by atoms with van der Waals surface area (Å²) in [6, 6.07) is 36.0. The minimum Gasteiger partial charge on any atom is -0.462 e. The first-order valence-corrected chi connectivity index (χ1v) is 11.9. The summed E-state index contributed by atoms with van der Waals surface area (Å²) in [5, 5.41) is 12.1. The van der Waals surface area contributed by atoms with E-state index in [9.17, 15) is 4.79 Å². The summed E-state index contributed by atoms with van der Waals surface area (Å²) in [7, 11) is 0. The lowest BCUT2D eigenvalue weighted by Crippen LogP contribution is -2.38. The number of halogens is 1. The van der Waals surface area contributed by atoms with Gasteiger partial charge in [-0.15, -0.1) is 0 Å². The fourth-order valence-electron chi connectivity index (χ4n) is 4.16. The molecule has 0 radical (unpaired) electrons. The Morgan fingerprint density at radius 2 is 1.29 bits per heavy atom. The molecule has 5 heteroatoms. The van der Waals surface area contributed by atoms with Crippen LogP contribution in [0.4, 0.5) is 5.69 Å². The zero-order valence-corrected chi connectivity index (χ0v) is 20.4. The molecule has 0 spiro atoms. The van der Waals surface area contributed by atoms with Crippen LogP contribution in [0.5, 0.6) is 0 Å². The number of benzene rings is 4. The molecule has 0 amide bonds. The average Bonchev–Trinajstić information content (AvgIpc) is 2.89. The summed E-state index contributed by atoms with van der Waals surface area (Å²) in [6.07, 6.45) is 0. The Bertz CT molecular complexity index is 1180. The van der Waals surface area contributed by atoms with E-state index in [1.807, 2.05) is 60.7 Å². The number of hydrogen-bond donors (Lipinski definition) is 2. The maximum absolute atomic E-state index is 12.4. The molecule has 0 atom stereocenters. The minimum absolute atomic E-state index is 0.171. The van der Waals surface area contributed by atoms with Crippen molar-refractivity contribution in [2.75, 3.05) is 11.9 Å². The van der Waals surface area contributed by atoms with Gasteiger partial charge in [0.25, 0.3) is 0 Å². The lowest BCUT2D eigenvalue weighted by molar-refractivity contribution is 0.0526. The predicted octanol–water partition coefficient (Wildman–Crippen LogP) is 6.99. The third-order valence-corrected chi connectivity index (χ3v) is 6.14. The molecule has 34 heavy (non-hydrogen) atoms. The van der Waals surface area contributed by atoms with Crippen LogP contribution in [0.3, 0.4) is 0 Å². The molecule has 2 N–H and O–H groups in total. The Labute approximate surface area is 208 Å². The molecule has 0 heterocycles. The van der Waals surface area contributed by atoms with Crippen LogP contribution in [0.1, 0.15) is 39.5 Å². The molecule has 0 aliphatic heterocycles. The van der Waals surface area contributed by atoms with Crippen molar-refractivity contribution in [2.45, 2.75) is 12.5 Å². The van der Waals surface area contributed by atoms with Crippen LogP contribution in [-0.4, -0.2) is 17.2 Å². The fourth-order valence-corrected chi connectivity index (χ4v) is 4.49. The van der Waals surface area contributed by atoms with Gasteiger partial charge in [-0.25, -0.2) is 4.79 Å². The van der Waals surface area contributed by atoms with Gasteiger partial charge < -0.3 is 10.1 Å². The molecule has 0 bridgehead atoms. The number of ether oxygens (including phenoxy) is 1. The third-order valence-electron chi connectivity index (χ3n) is 5.71. The van der Waals surface area contributed by atoms with Crippen molar-refractivity contribution in [3.63, 3.8) is 0 Å². The Hall–Kier alpha value is -3.70. The smallest absolute Gasteiger partial charge is 0.338 e. The number of nitrogens with one attached hydrogen (secondary N) is 2. The van der Waals surface area contributed by atoms with E-state index in [2.05, 4.69) is 57.6 Å². The fraction of sp³-hybridized carbons (Fsp3) is 0.103. The van der Waals surface area contributed by atoms with E-state index in [-0.39, 0.29) is 4.62 Å². The maximum Gasteiger partial charge on any atom is 0.338 e. The van der Waals surface area contributed by atoms with Crippen LogP contribution in [-0.2, 0) is 10.3 Å². The normalized spacial score (nSPS) is 11.0. The summed E-state index contributed by atoms with van der Waals surface area (Å²) in [5.41, 5.74) is 4.09. The molecule has 0 unspecified atom stereocenters. The van der Waals surface area contributed by atoms with Crippen LogP contribution < -0.4 is 5.32 Å². The summed E-state index contributed by atoms with van der Waals surface area (Å²) >= 11 is 3.32. The number of rotatable bonds is 8. The first-order chi connectivity index (χ1) is 16.6. The second kappa shape index (κ2) is 10.5. The zero-order valence-electron chi connectivity index (χ0n) is 18.8. The van der Waals surface area contributed by atoms with Gasteiger partial charge in [0.15, 0.2) is 0 Å². The van der Waals surface area contributed by atoms with Crippen LogP contribution in [0.2, 0.25) is 0 Å². The summed E-state index contributed by atoms with van der Waals surface area (Å²) in [5.74, 6) is -0.413. The van der Waals surface area contributed by atoms with Crippen LogP contribution in [0, 0.1) is 5.41 Å². The molecule has 0 fully saturated rings. The van der Waals surface area contributed by atoms with Crippen molar-refractivity contribution in [1.82, 2.24) is 0 Å². The van der Waals surface area contributed by atoms with Gasteiger partial charge in [0, 0.05) is 11.3 Å². The van der Waals surface area contributed by atoms with Crippen molar-refractivity contribution in [3.8, 4) is 0 Å². The summed E-state index contributed by atoms with van der Waals surface area (Å²) < 4.78 is 5.34. The van der Waals surface area contributed by atoms with Gasteiger partial charge in [-0.05, 0) is 57.7 Å². The molecule has 0 aliphatic rings. The van der Waals surface area contributed by atoms with Crippen LogP contribution >= 0.6 is 15.9 Å². The number of hydrogen-bond acceptors (Lipinski definition) is 4. The van der Waals surface area contributed by atoms with Crippen molar-refractivity contribution in [3.05, 3.63) is 137 Å². The highest BCUT2D eigenvalue weighted by atomic mass is 79.9. The first kappa shape index (κ1) is 23.5. The van der Waals surface area contributed by atoms with Crippen molar-refractivity contribution < 1.29 is 9.53 Å². The highest BCUT2D eigenvalue weighted by molar-refractivity contribution is 9.18. The van der Waals surface area contributed by atoms with Crippen molar-refractivity contribution in [1.29, 1.82) is 5.41 Å². The molecule has 170 valence electrons. The monoisotopic (exact) mass is 512 g/mol. The molecule has 4 rings (SSSR count). The lowest BCUT2D eigenvalue weighted by atomic mass is 9.76. The Balaban J connectivity index is 1.96. The third kappa shape index (κ3) is 4.66. The standard InChI is InChI=1S/C29H25BrN2O2/c1-2-34-28(33)21-18-19-26(25(20-21)27(30)31)32-29(22-12-6-3-7-13-22,23-14-8-4-9-15-23)24-16-10-5-11-17-24/h3-20,31-32H,2H2,1H3. The van der Waals surface area contributed by atoms with Gasteiger partial charge in [0.2, 0.25) is 0 Å². The number of carbonyl (C=O) groups excluding carboxylic acids is 1. The molecule has 4 aromatic carbocycles. The summed E-state index contributed by atoms with van der Waals surface area (Å²) in [6.45, 7) is 2.06. The highest BCUT2D eigenvalue weighted by Crippen LogP contribution is 2.41. The molecule has 0 aromatic heterocycles. The minimum atomic E-state index is -0.744. The molecule has 0 saturated carbocycles. The van der Waals surface area contributed by atoms with Gasteiger partial charge in [-0.2, -0.15) is 0 Å². The molecular weight excluding hydrogens is 488 g/mol. The van der Waals surface area contributed by atoms with E-state index < -0.39 is 11.5 Å². The average molecular weight is 513 g/mol. The van der Waals surface area contributed by atoms with E-state index in [0.29, 0.717) is 23.4 Å². The topological polar surface area (TPSA) is 62.2 Å². The van der Waals surface area contributed by atoms with Gasteiger partial charge in [0.1, 0.15) is 10.2 Å². The maximum atomic E-state index is 12.4. The zero-order chi connectivity index (χ0) is 24.0. The second-order valence-electron chi connectivity index (χ2n) is 7.77. The SMILES string of the molecule is CCOC(=O)c1ccc(NC(c2ccccc2)(c2ccccc2)c2ccccc2)c(C(=N)Br)c1. The van der Waals surface area contributed by atoms with Crippen molar-refractivity contribution in [2.24, 2.45) is 0 Å². The molecule has 4 aromatic rings. The van der Waals surface area contributed by atoms with Gasteiger partial charge in [-0.3, -0.25) is 5.41 Å². The highest BCUT2D eigenvalue weighted by Gasteiger charge is 2.37. The largest absolute Gasteiger partial charge is 0.462 e. The number of esters is 1. The number of carbonyl (C=O) groups is 1. The molecule has 0 saturated heterocycles. The van der Waals surface area contributed by atoms with Gasteiger partial charge in [-0.1, -0.05) is 91.0 Å². The predicted molar refractivity (Wildman–Crippen MR) is 141 cm³/mol. The van der Waals surface area contributed by atoms with Crippen LogP contribution in [0.25, 0.3) is 0 Å². The van der Waals surface area contributed by atoms with E-state index in [0.717, 1.165) is 16.7 Å². The van der Waals surface area contributed by atoms with E-state index in [4.69, 9.17) is 10.1 Å². The molecule has 4 nitrogen and oxygen atoms in total. The van der Waals surface area contributed by atoms with Gasteiger partial charge in [0.05, 0.1) is 12.2 Å². The Kier molecular flexibility index (Phi) is 7.24. The molecular formula is C29H25BrN2O2. The first-order valence-electron chi connectivity index (χ1n) is 11.1. The van der Waals surface area contributed by atoms with E-state index in [1.165, 1.54) is 0 Å². The van der Waals surface area contributed by atoms with Gasteiger partial charge >= 0.3 is 5.97 Å². The lowest BCUT2D eigenvalue weighted by Gasteiger charge is -2.38. The molecule has 0 aliphatic carbocycles. The van der Waals surface area contributed by atoms with Crippen molar-refractivity contribution >= 4 is 32.2 Å². The number of anilines is 1. The summed E-state index contributed by atoms with van der Waals surface area (Å²) in [4.78, 5) is 12.4. The Morgan fingerprint density at radius 1 is 0.824 bits per heavy atom. The van der Waals surface area contributed by atoms with Crippen LogP contribution in [0.15, 0.2) is 109 Å². The quantitative estimate of drug-likeness (QED) is 0.152. The van der Waals surface area contributed by atoms with E-state index >= 15 is 0 Å².